The van der Waals surface area contributed by atoms with E-state index < -0.39 is 11.4 Å². The average molecular weight is 156 g/mol. The van der Waals surface area contributed by atoms with E-state index in [1.807, 2.05) is 0 Å². The molecule has 0 aromatic carbocycles. The van der Waals surface area contributed by atoms with Crippen molar-refractivity contribution in [3.8, 4) is 0 Å². The number of nitrogens with two attached hydrogens (primary N) is 1. The molecule has 0 aromatic rings. The minimum absolute atomic E-state index is 0.204. The molecule has 1 aliphatic heterocycles. The molecular weight excluding hydrogens is 144 g/mol. The van der Waals surface area contributed by atoms with Gasteiger partial charge in [-0.05, 0) is 0 Å². The highest BCUT2D eigenvalue weighted by molar-refractivity contribution is 6.36. The first-order valence-electron chi connectivity index (χ1n) is 3.58. The second kappa shape index (κ2) is 2.22. The molecule has 0 aromatic heterocycles. The highest BCUT2D eigenvalue weighted by atomic mass is 16.5. The molecule has 1 aliphatic rings. The molecule has 0 unspecified atom stereocenters. The molecule has 0 saturated carbocycles. The zero-order chi connectivity index (χ0) is 8.65. The fourth-order valence-electron chi connectivity index (χ4n) is 1.22. The van der Waals surface area contributed by atoms with Crippen LogP contribution in [-0.4, -0.2) is 21.9 Å². The third-order valence-electron chi connectivity index (χ3n) is 2.05. The highest BCUT2D eigenvalue weighted by Crippen LogP contribution is 2.23. The molecule has 1 amide bonds. The first-order chi connectivity index (χ1) is 4.95. The molecule has 1 rings (SSSR count). The van der Waals surface area contributed by atoms with Gasteiger partial charge in [0.25, 0.3) is 5.71 Å². The van der Waals surface area contributed by atoms with E-state index in [4.69, 9.17) is 5.73 Å². The number of carbonyl (C=O) groups is 1. The molecule has 0 radical (unpaired) electrons. The van der Waals surface area contributed by atoms with Crippen LogP contribution in [0.15, 0.2) is 0 Å². The zero-order valence-corrected chi connectivity index (χ0v) is 6.76. The fourth-order valence-corrected chi connectivity index (χ4v) is 1.22. The summed E-state index contributed by atoms with van der Waals surface area (Å²) in [6.45, 7) is 3.60. The SMILES string of the molecule is CC1(C)CCC(C(N)=O)=[N+]1[O-]. The monoisotopic (exact) mass is 156 g/mol. The van der Waals surface area contributed by atoms with Crippen LogP contribution in [0.1, 0.15) is 26.7 Å². The summed E-state index contributed by atoms with van der Waals surface area (Å²) in [5.41, 5.74) is 4.74. The van der Waals surface area contributed by atoms with Crippen molar-refractivity contribution in [2.24, 2.45) is 5.73 Å². The molecule has 4 heteroatoms. The minimum atomic E-state index is -0.592. The van der Waals surface area contributed by atoms with Crippen molar-refractivity contribution in [3.63, 3.8) is 0 Å². The number of hydrogen-bond acceptors (Lipinski definition) is 2. The summed E-state index contributed by atoms with van der Waals surface area (Å²) in [6.07, 6.45) is 1.21. The van der Waals surface area contributed by atoms with Crippen LogP contribution in [0.4, 0.5) is 0 Å². The third-order valence-corrected chi connectivity index (χ3v) is 2.05. The number of primary amides is 1. The number of hydrogen-bond donors (Lipinski definition) is 1. The summed E-state index contributed by atoms with van der Waals surface area (Å²) in [6, 6.07) is 0. The van der Waals surface area contributed by atoms with E-state index >= 15 is 0 Å². The second-order valence-electron chi connectivity index (χ2n) is 3.42. The molecule has 0 aliphatic carbocycles. The number of rotatable bonds is 1. The molecule has 0 bridgehead atoms. The lowest BCUT2D eigenvalue weighted by molar-refractivity contribution is -0.530. The maximum absolute atomic E-state index is 11.2. The predicted octanol–water partition coefficient (Wildman–Crippen LogP) is -0.00460. The zero-order valence-electron chi connectivity index (χ0n) is 6.76. The van der Waals surface area contributed by atoms with Crippen LogP contribution in [0.5, 0.6) is 0 Å². The summed E-state index contributed by atoms with van der Waals surface area (Å²) in [5, 5.41) is 11.2. The lowest BCUT2D eigenvalue weighted by Gasteiger charge is -2.17. The first kappa shape index (κ1) is 8.04. The molecule has 0 atom stereocenters. The van der Waals surface area contributed by atoms with E-state index in [1.54, 1.807) is 13.8 Å². The standard InChI is InChI=1S/C7H12N2O2/c1-7(2)4-3-5(6(8)10)9(7)11/h3-4H2,1-2H3,(H2,8,10). The van der Waals surface area contributed by atoms with Gasteiger partial charge in [0.15, 0.2) is 5.54 Å². The first-order valence-corrected chi connectivity index (χ1v) is 3.58. The maximum atomic E-state index is 11.2. The Morgan fingerprint density at radius 1 is 1.73 bits per heavy atom. The van der Waals surface area contributed by atoms with Gasteiger partial charge < -0.3 is 10.9 Å². The van der Waals surface area contributed by atoms with Crippen LogP contribution < -0.4 is 5.73 Å². The Kier molecular flexibility index (Phi) is 1.62. The Labute approximate surface area is 65.3 Å². The van der Waals surface area contributed by atoms with Crippen LogP contribution in [0.25, 0.3) is 0 Å². The largest absolute Gasteiger partial charge is 0.623 e. The van der Waals surface area contributed by atoms with Crippen molar-refractivity contribution in [1.29, 1.82) is 0 Å². The van der Waals surface area contributed by atoms with Crippen LogP contribution in [0.3, 0.4) is 0 Å². The molecule has 11 heavy (non-hydrogen) atoms. The summed E-state index contributed by atoms with van der Waals surface area (Å²) >= 11 is 0. The van der Waals surface area contributed by atoms with Gasteiger partial charge in [-0.25, -0.2) is 0 Å². The minimum Gasteiger partial charge on any atom is -0.623 e. The van der Waals surface area contributed by atoms with Crippen LogP contribution >= 0.6 is 0 Å². The van der Waals surface area contributed by atoms with E-state index in [9.17, 15) is 10.0 Å². The fraction of sp³-hybridized carbons (Fsp3) is 0.714. The normalized spacial score (nSPS) is 22.4. The Bertz CT molecular complexity index is 231. The van der Waals surface area contributed by atoms with Gasteiger partial charge in [-0.15, -0.1) is 0 Å². The van der Waals surface area contributed by atoms with Gasteiger partial charge >= 0.3 is 5.91 Å². The Balaban J connectivity index is 2.99. The van der Waals surface area contributed by atoms with E-state index in [1.165, 1.54) is 0 Å². The lowest BCUT2D eigenvalue weighted by atomic mass is 10.0. The topological polar surface area (TPSA) is 69.2 Å². The maximum Gasteiger partial charge on any atom is 0.309 e. The molecule has 0 saturated heterocycles. The van der Waals surface area contributed by atoms with Gasteiger partial charge in [0, 0.05) is 26.7 Å². The average Bonchev–Trinajstić information content (AvgIpc) is 2.09. The van der Waals surface area contributed by atoms with Gasteiger partial charge in [0.05, 0.1) is 0 Å². The summed E-state index contributed by atoms with van der Waals surface area (Å²) in [7, 11) is 0. The number of nitrogens with zero attached hydrogens (tertiary/aromatic N) is 1. The summed E-state index contributed by atoms with van der Waals surface area (Å²) in [4.78, 5) is 10.6. The van der Waals surface area contributed by atoms with Crippen molar-refractivity contribution in [2.45, 2.75) is 32.2 Å². The molecule has 2 N–H and O–H groups in total. The van der Waals surface area contributed by atoms with Crippen molar-refractivity contribution in [1.82, 2.24) is 0 Å². The Hall–Kier alpha value is -1.06. The van der Waals surface area contributed by atoms with Gasteiger partial charge in [-0.1, -0.05) is 0 Å². The van der Waals surface area contributed by atoms with Crippen molar-refractivity contribution < 1.29 is 9.53 Å². The van der Waals surface area contributed by atoms with Gasteiger partial charge in [-0.3, -0.25) is 4.79 Å². The van der Waals surface area contributed by atoms with E-state index in [0.717, 1.165) is 4.74 Å². The molecular formula is C7H12N2O2. The molecule has 1 heterocycles. The molecule has 62 valence electrons. The quantitative estimate of drug-likeness (QED) is 0.428. The van der Waals surface area contributed by atoms with Crippen molar-refractivity contribution in [2.75, 3.05) is 0 Å². The Morgan fingerprint density at radius 3 is 2.45 bits per heavy atom. The molecule has 4 nitrogen and oxygen atoms in total. The highest BCUT2D eigenvalue weighted by Gasteiger charge is 2.38. The van der Waals surface area contributed by atoms with E-state index in [0.29, 0.717) is 12.8 Å². The number of amides is 1. The Morgan fingerprint density at radius 2 is 2.27 bits per heavy atom. The van der Waals surface area contributed by atoms with Crippen molar-refractivity contribution in [3.05, 3.63) is 5.21 Å². The third kappa shape index (κ3) is 1.20. The van der Waals surface area contributed by atoms with E-state index in [-0.39, 0.29) is 5.71 Å². The molecule has 0 spiro atoms. The van der Waals surface area contributed by atoms with Crippen LogP contribution in [0, 0.1) is 5.21 Å². The van der Waals surface area contributed by atoms with Crippen molar-refractivity contribution >= 4 is 11.6 Å². The molecule has 0 fully saturated rings. The number of hydroxylamine groups is 1. The smallest absolute Gasteiger partial charge is 0.309 e. The number of carbonyl (C=O) groups excluding carboxylic acids is 1. The summed E-state index contributed by atoms with van der Waals surface area (Å²) in [5.74, 6) is -0.592. The summed E-state index contributed by atoms with van der Waals surface area (Å²) < 4.78 is 0.731. The van der Waals surface area contributed by atoms with E-state index in [2.05, 4.69) is 0 Å². The van der Waals surface area contributed by atoms with Crippen LogP contribution in [0.2, 0.25) is 0 Å². The lowest BCUT2D eigenvalue weighted by Crippen LogP contribution is -2.33. The van der Waals surface area contributed by atoms with Gasteiger partial charge in [0.1, 0.15) is 0 Å². The van der Waals surface area contributed by atoms with Crippen LogP contribution in [-0.2, 0) is 4.79 Å². The second-order valence-corrected chi connectivity index (χ2v) is 3.42. The van der Waals surface area contributed by atoms with Gasteiger partial charge in [-0.2, -0.15) is 4.74 Å². The predicted molar refractivity (Wildman–Crippen MR) is 41.1 cm³/mol. The van der Waals surface area contributed by atoms with Gasteiger partial charge in [0.2, 0.25) is 0 Å².